The van der Waals surface area contributed by atoms with Crippen LogP contribution in [0.3, 0.4) is 0 Å². The molecule has 0 saturated carbocycles. The number of nitrogens with one attached hydrogen (secondary N) is 1. The van der Waals surface area contributed by atoms with Gasteiger partial charge < -0.3 is 4.74 Å². The monoisotopic (exact) mass is 457 g/mol. The Morgan fingerprint density at radius 1 is 1.23 bits per heavy atom. The van der Waals surface area contributed by atoms with E-state index < -0.39 is 10.0 Å². The minimum Gasteiger partial charge on any atom is -0.497 e. The van der Waals surface area contributed by atoms with Crippen molar-refractivity contribution >= 4 is 38.1 Å². The van der Waals surface area contributed by atoms with Gasteiger partial charge in [0.05, 0.1) is 24.7 Å². The molecule has 0 aliphatic carbocycles. The SMILES string of the molecule is COc1ccc(-c2nc(NC(=O)c3ccc4c(c3)CC(C)N4S(C)(=O)=O)sc2C)cc1. The number of anilines is 2. The molecule has 0 radical (unpaired) electrons. The third kappa shape index (κ3) is 4.15. The van der Waals surface area contributed by atoms with Gasteiger partial charge in [0.25, 0.3) is 5.91 Å². The van der Waals surface area contributed by atoms with E-state index in [1.54, 1.807) is 25.3 Å². The third-order valence-corrected chi connectivity index (χ3v) is 7.39. The molecule has 1 aliphatic heterocycles. The summed E-state index contributed by atoms with van der Waals surface area (Å²) in [6.45, 7) is 3.82. The number of carbonyl (C=O) groups excluding carboxylic acids is 1. The number of hydrogen-bond donors (Lipinski definition) is 1. The Morgan fingerprint density at radius 2 is 1.94 bits per heavy atom. The maximum absolute atomic E-state index is 12.8. The molecule has 2 heterocycles. The highest BCUT2D eigenvalue weighted by Gasteiger charge is 2.32. The molecule has 7 nitrogen and oxygen atoms in total. The second-order valence-corrected chi connectivity index (χ2v) is 10.6. The van der Waals surface area contributed by atoms with Gasteiger partial charge in [-0.3, -0.25) is 14.4 Å². The van der Waals surface area contributed by atoms with Crippen LogP contribution in [0.2, 0.25) is 0 Å². The first-order valence-electron chi connectivity index (χ1n) is 9.73. The number of aromatic nitrogens is 1. The topological polar surface area (TPSA) is 88.6 Å². The molecule has 2 aromatic carbocycles. The molecule has 0 bridgehead atoms. The van der Waals surface area contributed by atoms with E-state index in [0.717, 1.165) is 27.4 Å². The van der Waals surface area contributed by atoms with Crippen molar-refractivity contribution in [2.45, 2.75) is 26.3 Å². The van der Waals surface area contributed by atoms with E-state index in [9.17, 15) is 13.2 Å². The van der Waals surface area contributed by atoms with E-state index >= 15 is 0 Å². The lowest BCUT2D eigenvalue weighted by atomic mass is 10.1. The number of rotatable bonds is 5. The second-order valence-electron chi connectivity index (χ2n) is 7.56. The Balaban J connectivity index is 1.55. The predicted molar refractivity (Wildman–Crippen MR) is 124 cm³/mol. The van der Waals surface area contributed by atoms with Crippen molar-refractivity contribution in [1.29, 1.82) is 0 Å². The van der Waals surface area contributed by atoms with Crippen molar-refractivity contribution in [3.05, 3.63) is 58.5 Å². The lowest BCUT2D eigenvalue weighted by Crippen LogP contribution is -2.34. The van der Waals surface area contributed by atoms with Gasteiger partial charge in [-0.2, -0.15) is 0 Å². The van der Waals surface area contributed by atoms with Crippen LogP contribution in [-0.2, 0) is 16.4 Å². The fourth-order valence-corrected chi connectivity index (χ4v) is 5.98. The van der Waals surface area contributed by atoms with E-state index in [4.69, 9.17) is 4.74 Å². The molecule has 31 heavy (non-hydrogen) atoms. The number of amides is 1. The van der Waals surface area contributed by atoms with E-state index in [2.05, 4.69) is 10.3 Å². The molecule has 9 heteroatoms. The minimum absolute atomic E-state index is 0.169. The highest BCUT2D eigenvalue weighted by atomic mass is 32.2. The summed E-state index contributed by atoms with van der Waals surface area (Å²) >= 11 is 1.41. The number of ether oxygens (including phenoxy) is 1. The van der Waals surface area contributed by atoms with Crippen LogP contribution in [0.25, 0.3) is 11.3 Å². The number of methoxy groups -OCH3 is 1. The summed E-state index contributed by atoms with van der Waals surface area (Å²) in [5, 5.41) is 3.38. The molecule has 1 N–H and O–H groups in total. The van der Waals surface area contributed by atoms with Crippen LogP contribution >= 0.6 is 11.3 Å². The number of aryl methyl sites for hydroxylation is 1. The van der Waals surface area contributed by atoms with Crippen molar-refractivity contribution in [2.75, 3.05) is 23.0 Å². The first kappa shape index (κ1) is 21.3. The maximum atomic E-state index is 12.8. The van der Waals surface area contributed by atoms with Gasteiger partial charge >= 0.3 is 0 Å². The quantitative estimate of drug-likeness (QED) is 0.623. The number of hydrogen-bond acceptors (Lipinski definition) is 6. The maximum Gasteiger partial charge on any atom is 0.257 e. The van der Waals surface area contributed by atoms with Crippen LogP contribution in [0.4, 0.5) is 10.8 Å². The molecule has 1 aliphatic rings. The van der Waals surface area contributed by atoms with Crippen molar-refractivity contribution in [2.24, 2.45) is 0 Å². The van der Waals surface area contributed by atoms with Crippen LogP contribution < -0.4 is 14.4 Å². The van der Waals surface area contributed by atoms with Crippen LogP contribution in [-0.4, -0.2) is 38.7 Å². The summed E-state index contributed by atoms with van der Waals surface area (Å²) in [6.07, 6.45) is 1.77. The standard InChI is InChI=1S/C22H23N3O4S2/c1-13-11-17-12-16(7-10-19(17)25(13)31(4,27)28)21(26)24-22-23-20(14(2)30-22)15-5-8-18(29-3)9-6-15/h5-10,12-13H,11H2,1-4H3,(H,23,24,26). The van der Waals surface area contributed by atoms with Crippen LogP contribution in [0.5, 0.6) is 5.75 Å². The largest absolute Gasteiger partial charge is 0.497 e. The Labute approximate surface area is 185 Å². The predicted octanol–water partition coefficient (Wildman–Crippen LogP) is 4.09. The zero-order valence-electron chi connectivity index (χ0n) is 17.7. The molecule has 3 aromatic rings. The smallest absolute Gasteiger partial charge is 0.257 e. The molecular formula is C22H23N3O4S2. The Kier molecular flexibility index (Phi) is 5.49. The molecule has 1 aromatic heterocycles. The highest BCUT2D eigenvalue weighted by Crippen LogP contribution is 2.35. The summed E-state index contributed by atoms with van der Waals surface area (Å²) < 4.78 is 30.8. The lowest BCUT2D eigenvalue weighted by Gasteiger charge is -2.21. The molecule has 1 amide bonds. The van der Waals surface area contributed by atoms with Crippen molar-refractivity contribution in [1.82, 2.24) is 4.98 Å². The lowest BCUT2D eigenvalue weighted by molar-refractivity contribution is 0.102. The fourth-order valence-electron chi connectivity index (χ4n) is 3.89. The fraction of sp³-hybridized carbons (Fsp3) is 0.273. The molecule has 4 rings (SSSR count). The minimum atomic E-state index is -3.36. The molecule has 0 spiro atoms. The molecule has 1 atom stereocenters. The number of nitrogens with zero attached hydrogens (tertiary/aromatic N) is 2. The Hall–Kier alpha value is -2.91. The normalized spacial score (nSPS) is 15.6. The number of thiazole rings is 1. The van der Waals surface area contributed by atoms with E-state index in [1.165, 1.54) is 21.9 Å². The van der Waals surface area contributed by atoms with Gasteiger partial charge in [0, 0.05) is 22.0 Å². The van der Waals surface area contributed by atoms with Gasteiger partial charge in [-0.1, -0.05) is 0 Å². The van der Waals surface area contributed by atoms with Gasteiger partial charge in [-0.25, -0.2) is 13.4 Å². The van der Waals surface area contributed by atoms with Gasteiger partial charge in [0.1, 0.15) is 5.75 Å². The second kappa shape index (κ2) is 7.97. The van der Waals surface area contributed by atoms with Crippen LogP contribution in [0.15, 0.2) is 42.5 Å². The molecular weight excluding hydrogens is 434 g/mol. The molecule has 162 valence electrons. The number of benzene rings is 2. The summed E-state index contributed by atoms with van der Waals surface area (Å²) in [7, 11) is -1.74. The van der Waals surface area contributed by atoms with E-state index in [0.29, 0.717) is 22.8 Å². The van der Waals surface area contributed by atoms with Crippen molar-refractivity contribution in [3.63, 3.8) is 0 Å². The van der Waals surface area contributed by atoms with E-state index in [1.807, 2.05) is 38.1 Å². The third-order valence-electron chi connectivity index (χ3n) is 5.23. The number of fused-ring (bicyclic) bond motifs is 1. The number of sulfonamides is 1. The zero-order chi connectivity index (χ0) is 22.3. The van der Waals surface area contributed by atoms with Crippen molar-refractivity contribution in [3.8, 4) is 17.0 Å². The van der Waals surface area contributed by atoms with Gasteiger partial charge in [-0.15, -0.1) is 11.3 Å². The zero-order valence-corrected chi connectivity index (χ0v) is 19.3. The van der Waals surface area contributed by atoms with Gasteiger partial charge in [0.15, 0.2) is 5.13 Å². The molecule has 0 saturated heterocycles. The average molecular weight is 458 g/mol. The average Bonchev–Trinajstić information content (AvgIpc) is 3.25. The summed E-state index contributed by atoms with van der Waals surface area (Å²) in [4.78, 5) is 18.4. The van der Waals surface area contributed by atoms with Gasteiger partial charge in [-0.05, 0) is 68.3 Å². The number of carbonyl (C=O) groups is 1. The Morgan fingerprint density at radius 3 is 2.58 bits per heavy atom. The van der Waals surface area contributed by atoms with Gasteiger partial charge in [0.2, 0.25) is 10.0 Å². The van der Waals surface area contributed by atoms with E-state index in [-0.39, 0.29) is 11.9 Å². The highest BCUT2D eigenvalue weighted by molar-refractivity contribution is 7.92. The van der Waals surface area contributed by atoms with Crippen LogP contribution in [0.1, 0.15) is 27.7 Å². The molecule has 1 unspecified atom stereocenters. The first-order chi connectivity index (χ1) is 14.7. The first-order valence-corrected chi connectivity index (χ1v) is 12.4. The molecule has 0 fully saturated rings. The summed E-state index contributed by atoms with van der Waals surface area (Å²) in [6, 6.07) is 12.5. The summed E-state index contributed by atoms with van der Waals surface area (Å²) in [5.74, 6) is 0.494. The summed E-state index contributed by atoms with van der Waals surface area (Å²) in [5.41, 5.74) is 3.72. The Bertz CT molecular complexity index is 1250. The van der Waals surface area contributed by atoms with Crippen LogP contribution in [0, 0.1) is 6.92 Å². The van der Waals surface area contributed by atoms with Crippen molar-refractivity contribution < 1.29 is 17.9 Å².